The standard InChI is InChI=1S/C12H13N3O3/c13-7-9-3-4-11(12(6-9)15(16)17)14-8-10-2-1-5-18-10/h3-4,6,10,14H,1-2,5,8H2/t10-/m1/s1. The maximum atomic E-state index is 10.9. The fourth-order valence-electron chi connectivity index (χ4n) is 1.93. The zero-order valence-corrected chi connectivity index (χ0v) is 9.76. The van der Waals surface area contributed by atoms with E-state index in [1.54, 1.807) is 12.1 Å². The minimum Gasteiger partial charge on any atom is -0.377 e. The third-order valence-corrected chi connectivity index (χ3v) is 2.87. The molecule has 0 radical (unpaired) electrons. The van der Waals surface area contributed by atoms with E-state index in [2.05, 4.69) is 5.32 Å². The Morgan fingerprint density at radius 2 is 2.44 bits per heavy atom. The Hall–Kier alpha value is -2.13. The Balaban J connectivity index is 2.11. The van der Waals surface area contributed by atoms with E-state index in [1.165, 1.54) is 6.07 Å². The zero-order valence-electron chi connectivity index (χ0n) is 9.76. The van der Waals surface area contributed by atoms with Gasteiger partial charge in [-0.3, -0.25) is 10.1 Å². The van der Waals surface area contributed by atoms with Crippen LogP contribution < -0.4 is 5.32 Å². The third-order valence-electron chi connectivity index (χ3n) is 2.87. The fourth-order valence-corrected chi connectivity index (χ4v) is 1.93. The van der Waals surface area contributed by atoms with Gasteiger partial charge in [0.15, 0.2) is 0 Å². The maximum absolute atomic E-state index is 10.9. The van der Waals surface area contributed by atoms with Crippen LogP contribution in [0.2, 0.25) is 0 Å². The summed E-state index contributed by atoms with van der Waals surface area (Å²) in [6.45, 7) is 1.30. The van der Waals surface area contributed by atoms with Crippen molar-refractivity contribution in [3.8, 4) is 6.07 Å². The van der Waals surface area contributed by atoms with E-state index in [9.17, 15) is 10.1 Å². The molecule has 1 heterocycles. The van der Waals surface area contributed by atoms with Crippen LogP contribution in [0, 0.1) is 21.4 Å². The number of anilines is 1. The van der Waals surface area contributed by atoms with Crippen molar-refractivity contribution in [2.45, 2.75) is 18.9 Å². The molecule has 1 N–H and O–H groups in total. The summed E-state index contributed by atoms with van der Waals surface area (Å²) >= 11 is 0. The topological polar surface area (TPSA) is 88.2 Å². The van der Waals surface area contributed by atoms with E-state index in [0.29, 0.717) is 12.2 Å². The molecule has 1 fully saturated rings. The van der Waals surface area contributed by atoms with Crippen LogP contribution >= 0.6 is 0 Å². The highest BCUT2D eigenvalue weighted by Crippen LogP contribution is 2.26. The number of benzene rings is 1. The molecule has 1 saturated heterocycles. The van der Waals surface area contributed by atoms with Crippen LogP contribution in [-0.4, -0.2) is 24.2 Å². The molecule has 0 saturated carbocycles. The van der Waals surface area contributed by atoms with Crippen LogP contribution in [0.1, 0.15) is 18.4 Å². The summed E-state index contributed by atoms with van der Waals surface area (Å²) in [5.41, 5.74) is 0.630. The molecule has 1 aliphatic heterocycles. The molecule has 6 heteroatoms. The summed E-state index contributed by atoms with van der Waals surface area (Å²) < 4.78 is 5.44. The number of nitriles is 1. The van der Waals surface area contributed by atoms with Gasteiger partial charge >= 0.3 is 0 Å². The van der Waals surface area contributed by atoms with Gasteiger partial charge in [0.05, 0.1) is 22.7 Å². The van der Waals surface area contributed by atoms with Gasteiger partial charge in [0, 0.05) is 19.2 Å². The lowest BCUT2D eigenvalue weighted by Crippen LogP contribution is -2.18. The Kier molecular flexibility index (Phi) is 3.75. The first-order valence-corrected chi connectivity index (χ1v) is 5.74. The summed E-state index contributed by atoms with van der Waals surface area (Å²) in [4.78, 5) is 10.4. The van der Waals surface area contributed by atoms with Crippen molar-refractivity contribution in [2.24, 2.45) is 0 Å². The number of hydrogen-bond donors (Lipinski definition) is 1. The first-order chi connectivity index (χ1) is 8.70. The molecular weight excluding hydrogens is 234 g/mol. The Bertz CT molecular complexity index is 490. The van der Waals surface area contributed by atoms with Gasteiger partial charge in [0.1, 0.15) is 5.69 Å². The van der Waals surface area contributed by atoms with Crippen LogP contribution in [0.25, 0.3) is 0 Å². The van der Waals surface area contributed by atoms with E-state index in [0.717, 1.165) is 19.4 Å². The number of nitrogens with zero attached hydrogens (tertiary/aromatic N) is 2. The highest BCUT2D eigenvalue weighted by Gasteiger charge is 2.18. The first kappa shape index (κ1) is 12.3. The fraction of sp³-hybridized carbons (Fsp3) is 0.417. The molecule has 0 unspecified atom stereocenters. The van der Waals surface area contributed by atoms with E-state index in [1.807, 2.05) is 6.07 Å². The second-order valence-corrected chi connectivity index (χ2v) is 4.12. The van der Waals surface area contributed by atoms with Gasteiger partial charge < -0.3 is 10.1 Å². The number of nitro groups is 1. The quantitative estimate of drug-likeness (QED) is 0.649. The molecule has 1 aromatic rings. The number of ether oxygens (including phenoxy) is 1. The van der Waals surface area contributed by atoms with Gasteiger partial charge in [0.2, 0.25) is 0 Å². The molecule has 0 aliphatic carbocycles. The number of nitrogens with one attached hydrogen (secondary N) is 1. The average Bonchev–Trinajstić information content (AvgIpc) is 2.89. The molecule has 1 aliphatic rings. The molecule has 6 nitrogen and oxygen atoms in total. The van der Waals surface area contributed by atoms with Crippen LogP contribution in [0.4, 0.5) is 11.4 Å². The van der Waals surface area contributed by atoms with Gasteiger partial charge in [-0.25, -0.2) is 0 Å². The van der Waals surface area contributed by atoms with Crippen molar-refractivity contribution in [1.29, 1.82) is 5.26 Å². The normalized spacial score (nSPS) is 18.3. The molecule has 0 spiro atoms. The van der Waals surface area contributed by atoms with E-state index < -0.39 is 4.92 Å². The minimum atomic E-state index is -0.487. The largest absolute Gasteiger partial charge is 0.377 e. The maximum Gasteiger partial charge on any atom is 0.293 e. The third kappa shape index (κ3) is 2.76. The lowest BCUT2D eigenvalue weighted by Gasteiger charge is -2.12. The smallest absolute Gasteiger partial charge is 0.293 e. The highest BCUT2D eigenvalue weighted by molar-refractivity contribution is 5.64. The number of rotatable bonds is 4. The van der Waals surface area contributed by atoms with E-state index in [-0.39, 0.29) is 17.4 Å². The molecule has 0 aromatic heterocycles. The Labute approximate surface area is 104 Å². The van der Waals surface area contributed by atoms with Crippen LogP contribution in [0.15, 0.2) is 18.2 Å². The Morgan fingerprint density at radius 3 is 3.06 bits per heavy atom. The highest BCUT2D eigenvalue weighted by atomic mass is 16.6. The lowest BCUT2D eigenvalue weighted by molar-refractivity contribution is -0.384. The SMILES string of the molecule is N#Cc1ccc(NC[C@H]2CCCO2)c([N+](=O)[O-])c1. The van der Waals surface area contributed by atoms with Gasteiger partial charge in [-0.15, -0.1) is 0 Å². The van der Waals surface area contributed by atoms with Gasteiger partial charge in [-0.05, 0) is 25.0 Å². The second kappa shape index (κ2) is 5.47. The zero-order chi connectivity index (χ0) is 13.0. The second-order valence-electron chi connectivity index (χ2n) is 4.12. The van der Waals surface area contributed by atoms with Crippen molar-refractivity contribution in [2.75, 3.05) is 18.5 Å². The summed E-state index contributed by atoms with van der Waals surface area (Å²) in [5, 5.41) is 22.6. The van der Waals surface area contributed by atoms with Gasteiger partial charge in [0.25, 0.3) is 5.69 Å². The summed E-state index contributed by atoms with van der Waals surface area (Å²) in [7, 11) is 0. The minimum absolute atomic E-state index is 0.0768. The predicted molar refractivity (Wildman–Crippen MR) is 65.3 cm³/mol. The summed E-state index contributed by atoms with van der Waals surface area (Å²) in [5.74, 6) is 0. The first-order valence-electron chi connectivity index (χ1n) is 5.74. The summed E-state index contributed by atoms with van der Waals surface area (Å²) in [6.07, 6.45) is 2.11. The molecule has 0 amide bonds. The van der Waals surface area contributed by atoms with E-state index >= 15 is 0 Å². The molecule has 1 aromatic carbocycles. The van der Waals surface area contributed by atoms with Gasteiger partial charge in [-0.2, -0.15) is 5.26 Å². The van der Waals surface area contributed by atoms with Crippen molar-refractivity contribution in [3.63, 3.8) is 0 Å². The van der Waals surface area contributed by atoms with Crippen LogP contribution in [0.3, 0.4) is 0 Å². The van der Waals surface area contributed by atoms with Crippen molar-refractivity contribution >= 4 is 11.4 Å². The van der Waals surface area contributed by atoms with Crippen LogP contribution in [-0.2, 0) is 4.74 Å². The molecule has 2 rings (SSSR count). The average molecular weight is 247 g/mol. The predicted octanol–water partition coefficient (Wildman–Crippen LogP) is 2.06. The molecule has 0 bridgehead atoms. The molecular formula is C12H13N3O3. The number of nitro benzene ring substituents is 1. The van der Waals surface area contributed by atoms with E-state index in [4.69, 9.17) is 10.00 Å². The molecule has 18 heavy (non-hydrogen) atoms. The van der Waals surface area contributed by atoms with Gasteiger partial charge in [-0.1, -0.05) is 0 Å². The molecule has 1 atom stereocenters. The van der Waals surface area contributed by atoms with Crippen molar-refractivity contribution in [3.05, 3.63) is 33.9 Å². The van der Waals surface area contributed by atoms with Crippen molar-refractivity contribution < 1.29 is 9.66 Å². The lowest BCUT2D eigenvalue weighted by atomic mass is 10.1. The van der Waals surface area contributed by atoms with Crippen LogP contribution in [0.5, 0.6) is 0 Å². The summed E-state index contributed by atoms with van der Waals surface area (Å²) in [6, 6.07) is 6.29. The number of hydrogen-bond acceptors (Lipinski definition) is 5. The Morgan fingerprint density at radius 1 is 1.61 bits per heavy atom. The molecule has 94 valence electrons. The van der Waals surface area contributed by atoms with Crippen molar-refractivity contribution in [1.82, 2.24) is 0 Å². The monoisotopic (exact) mass is 247 g/mol.